The topological polar surface area (TPSA) is 53.6 Å². The highest BCUT2D eigenvalue weighted by molar-refractivity contribution is 9.10. The van der Waals surface area contributed by atoms with E-state index in [2.05, 4.69) is 39.4 Å². The summed E-state index contributed by atoms with van der Waals surface area (Å²) in [5.74, 6) is 1.07. The smallest absolute Gasteiger partial charge is 0.133 e. The first-order valence-corrected chi connectivity index (χ1v) is 9.18. The summed E-state index contributed by atoms with van der Waals surface area (Å²) in [6.07, 6.45) is 3.33. The van der Waals surface area contributed by atoms with Crippen molar-refractivity contribution in [3.05, 3.63) is 64.1 Å². The predicted octanol–water partition coefficient (Wildman–Crippen LogP) is 4.92. The molecule has 25 heavy (non-hydrogen) atoms. The van der Waals surface area contributed by atoms with Gasteiger partial charge >= 0.3 is 0 Å². The van der Waals surface area contributed by atoms with E-state index in [4.69, 9.17) is 10.4 Å². The van der Waals surface area contributed by atoms with Crippen molar-refractivity contribution in [3.63, 3.8) is 0 Å². The molecule has 0 saturated heterocycles. The summed E-state index contributed by atoms with van der Waals surface area (Å²) < 4.78 is 3.03. The maximum Gasteiger partial charge on any atom is 0.133 e. The maximum atomic E-state index is 9.01. The number of rotatable bonds is 2. The molecule has 0 aliphatic carbocycles. The molecule has 1 aliphatic rings. The number of hydrogen-bond acceptors (Lipinski definition) is 3. The molecule has 0 spiro atoms. The van der Waals surface area contributed by atoms with Crippen molar-refractivity contribution in [3.8, 4) is 23.0 Å². The minimum atomic E-state index is 0.656. The van der Waals surface area contributed by atoms with Crippen molar-refractivity contribution in [2.45, 2.75) is 19.3 Å². The van der Waals surface area contributed by atoms with Gasteiger partial charge in [0.2, 0.25) is 0 Å². The second kappa shape index (κ2) is 6.73. The number of hydrogen-bond donors (Lipinski definition) is 1. The molecule has 4 nitrogen and oxygen atoms in total. The van der Waals surface area contributed by atoms with Crippen LogP contribution in [-0.4, -0.2) is 16.3 Å². The van der Waals surface area contributed by atoms with Crippen molar-refractivity contribution < 1.29 is 0 Å². The molecule has 0 saturated carbocycles. The molecular formula is C20H17BrN4. The second-order valence-electron chi connectivity index (χ2n) is 6.14. The normalized spacial score (nSPS) is 13.4. The maximum absolute atomic E-state index is 9.01. The summed E-state index contributed by atoms with van der Waals surface area (Å²) in [7, 11) is 0. The van der Waals surface area contributed by atoms with Crippen LogP contribution < -0.4 is 5.32 Å². The molecule has 0 atom stereocenters. The summed E-state index contributed by atoms with van der Waals surface area (Å²) >= 11 is 3.50. The zero-order chi connectivity index (χ0) is 17.2. The lowest BCUT2D eigenvalue weighted by molar-refractivity contribution is 0.780. The second-order valence-corrected chi connectivity index (χ2v) is 7.05. The highest BCUT2D eigenvalue weighted by atomic mass is 79.9. The molecule has 1 aliphatic heterocycles. The Labute approximate surface area is 155 Å². The molecule has 2 heterocycles. The van der Waals surface area contributed by atoms with Gasteiger partial charge in [0.25, 0.3) is 0 Å². The number of nitrogens with zero attached hydrogens (tertiary/aromatic N) is 3. The number of anilines is 1. The number of nitrogens with one attached hydrogen (secondary N) is 1. The Morgan fingerprint density at radius 2 is 1.80 bits per heavy atom. The molecule has 0 unspecified atom stereocenters. The molecule has 4 rings (SSSR count). The van der Waals surface area contributed by atoms with Gasteiger partial charge in [-0.2, -0.15) is 10.4 Å². The van der Waals surface area contributed by atoms with E-state index in [1.165, 1.54) is 5.56 Å². The zero-order valence-electron chi connectivity index (χ0n) is 13.7. The van der Waals surface area contributed by atoms with Crippen LogP contribution in [-0.2, 0) is 6.42 Å². The van der Waals surface area contributed by atoms with Crippen molar-refractivity contribution >= 4 is 21.7 Å². The van der Waals surface area contributed by atoms with Crippen molar-refractivity contribution in [2.75, 3.05) is 11.9 Å². The number of nitriles is 1. The van der Waals surface area contributed by atoms with Crippen molar-refractivity contribution in [1.82, 2.24) is 9.78 Å². The number of halogens is 1. The SMILES string of the molecule is N#Cc1ccc(-n2nc(-c3ccc(Br)cc3)c3c2NCCCC3)cc1. The fraction of sp³-hybridized carbons (Fsp3) is 0.200. The molecule has 1 aromatic heterocycles. The lowest BCUT2D eigenvalue weighted by Gasteiger charge is -2.09. The molecule has 0 bridgehead atoms. The van der Waals surface area contributed by atoms with Gasteiger partial charge in [-0.15, -0.1) is 0 Å². The predicted molar refractivity (Wildman–Crippen MR) is 103 cm³/mol. The van der Waals surface area contributed by atoms with Gasteiger partial charge in [-0.3, -0.25) is 0 Å². The molecule has 0 radical (unpaired) electrons. The van der Waals surface area contributed by atoms with E-state index in [0.717, 1.165) is 53.0 Å². The third kappa shape index (κ3) is 3.06. The summed E-state index contributed by atoms with van der Waals surface area (Å²) in [4.78, 5) is 0. The molecule has 124 valence electrons. The summed E-state index contributed by atoms with van der Waals surface area (Å²) in [6, 6.07) is 18.0. The number of aromatic nitrogens is 2. The van der Waals surface area contributed by atoms with Crippen LogP contribution in [0.15, 0.2) is 53.0 Å². The molecule has 5 heteroatoms. The lowest BCUT2D eigenvalue weighted by Crippen LogP contribution is -2.07. The first kappa shape index (κ1) is 15.9. The van der Waals surface area contributed by atoms with E-state index in [0.29, 0.717) is 5.56 Å². The van der Waals surface area contributed by atoms with Gasteiger partial charge in [-0.05, 0) is 55.7 Å². The first-order chi connectivity index (χ1) is 12.3. The highest BCUT2D eigenvalue weighted by Gasteiger charge is 2.21. The van der Waals surface area contributed by atoms with E-state index in [1.807, 2.05) is 41.1 Å². The average Bonchev–Trinajstić information content (AvgIpc) is 2.84. The molecule has 0 fully saturated rings. The lowest BCUT2D eigenvalue weighted by atomic mass is 10.0. The molecule has 1 N–H and O–H groups in total. The number of benzene rings is 2. The minimum absolute atomic E-state index is 0.656. The van der Waals surface area contributed by atoms with Gasteiger partial charge in [-0.1, -0.05) is 28.1 Å². The first-order valence-electron chi connectivity index (χ1n) is 8.38. The van der Waals surface area contributed by atoms with Crippen LogP contribution in [0.3, 0.4) is 0 Å². The van der Waals surface area contributed by atoms with Crippen LogP contribution in [0.5, 0.6) is 0 Å². The monoisotopic (exact) mass is 392 g/mol. The van der Waals surface area contributed by atoms with Crippen LogP contribution in [0.1, 0.15) is 24.0 Å². The third-order valence-corrected chi connectivity index (χ3v) is 5.02. The quantitative estimate of drug-likeness (QED) is 0.672. The molecular weight excluding hydrogens is 376 g/mol. The fourth-order valence-electron chi connectivity index (χ4n) is 3.21. The zero-order valence-corrected chi connectivity index (χ0v) is 15.3. The number of fused-ring (bicyclic) bond motifs is 1. The van der Waals surface area contributed by atoms with Gasteiger partial charge in [-0.25, -0.2) is 4.68 Å². The van der Waals surface area contributed by atoms with Crippen LogP contribution in [0.4, 0.5) is 5.82 Å². The van der Waals surface area contributed by atoms with Crippen LogP contribution >= 0.6 is 15.9 Å². The Kier molecular flexibility index (Phi) is 4.29. The van der Waals surface area contributed by atoms with E-state index >= 15 is 0 Å². The van der Waals surface area contributed by atoms with Crippen LogP contribution in [0, 0.1) is 11.3 Å². The Balaban J connectivity index is 1.86. The average molecular weight is 393 g/mol. The summed E-state index contributed by atoms with van der Waals surface area (Å²) in [5.41, 5.74) is 5.04. The van der Waals surface area contributed by atoms with Gasteiger partial charge in [0.1, 0.15) is 5.82 Å². The third-order valence-electron chi connectivity index (χ3n) is 4.49. The fourth-order valence-corrected chi connectivity index (χ4v) is 3.47. The van der Waals surface area contributed by atoms with E-state index in [1.54, 1.807) is 0 Å². The largest absolute Gasteiger partial charge is 0.370 e. The van der Waals surface area contributed by atoms with Crippen LogP contribution in [0.2, 0.25) is 0 Å². The van der Waals surface area contributed by atoms with E-state index in [-0.39, 0.29) is 0 Å². The highest BCUT2D eigenvalue weighted by Crippen LogP contribution is 2.34. The van der Waals surface area contributed by atoms with E-state index in [9.17, 15) is 0 Å². The van der Waals surface area contributed by atoms with Gasteiger partial charge < -0.3 is 5.32 Å². The summed E-state index contributed by atoms with van der Waals surface area (Å²) in [6.45, 7) is 0.953. The Bertz CT molecular complexity index is 934. The molecule has 3 aromatic rings. The Morgan fingerprint density at radius 3 is 2.52 bits per heavy atom. The van der Waals surface area contributed by atoms with Gasteiger partial charge in [0, 0.05) is 22.1 Å². The Hall–Kier alpha value is -2.58. The van der Waals surface area contributed by atoms with Gasteiger partial charge in [0.05, 0.1) is 23.0 Å². The Morgan fingerprint density at radius 1 is 1.04 bits per heavy atom. The van der Waals surface area contributed by atoms with E-state index < -0.39 is 0 Å². The van der Waals surface area contributed by atoms with Crippen LogP contribution in [0.25, 0.3) is 16.9 Å². The van der Waals surface area contributed by atoms with Crippen molar-refractivity contribution in [2.24, 2.45) is 0 Å². The molecule has 2 aromatic carbocycles. The standard InChI is InChI=1S/C20H17BrN4/c21-16-8-6-15(7-9-16)19-18-3-1-2-12-23-20(18)25(24-19)17-10-4-14(13-22)5-11-17/h4-11,23H,1-3,12H2. The minimum Gasteiger partial charge on any atom is -0.370 e. The summed E-state index contributed by atoms with van der Waals surface area (Å²) in [5, 5.41) is 17.5. The van der Waals surface area contributed by atoms with Crippen molar-refractivity contribution in [1.29, 1.82) is 5.26 Å². The molecule has 0 amide bonds. The van der Waals surface area contributed by atoms with Gasteiger partial charge in [0.15, 0.2) is 0 Å².